The Morgan fingerprint density at radius 2 is 1.95 bits per heavy atom. The molecule has 1 rings (SSSR count). The van der Waals surface area contributed by atoms with Gasteiger partial charge in [-0.3, -0.25) is 0 Å². The Morgan fingerprint density at radius 3 is 2.58 bits per heavy atom. The topological polar surface area (TPSA) is 47.3 Å². The Balaban J connectivity index is 2.69. The van der Waals surface area contributed by atoms with Crippen LogP contribution in [0.15, 0.2) is 18.2 Å². The molecule has 0 aliphatic heterocycles. The smallest absolute Gasteiger partial charge is 0.144 e. The van der Waals surface area contributed by atoms with Crippen LogP contribution in [0.2, 0.25) is 0 Å². The van der Waals surface area contributed by atoms with E-state index in [9.17, 15) is 0 Å². The molecule has 0 spiro atoms. The number of hydrogen-bond donors (Lipinski definition) is 2. The largest absolute Gasteiger partial charge is 0.492 e. The van der Waals surface area contributed by atoms with Crippen LogP contribution in [0.5, 0.6) is 5.75 Å². The van der Waals surface area contributed by atoms with Crippen LogP contribution in [-0.2, 0) is 0 Å². The molecule has 0 aliphatic rings. The SMILES string of the molecule is CCCCC(CCC)Nc1ccc(N)c(OCC)c1. The quantitative estimate of drug-likeness (QED) is 0.648. The zero-order valence-corrected chi connectivity index (χ0v) is 12.5. The van der Waals surface area contributed by atoms with E-state index in [-0.39, 0.29) is 0 Å². The van der Waals surface area contributed by atoms with Gasteiger partial charge in [0.05, 0.1) is 12.3 Å². The van der Waals surface area contributed by atoms with Gasteiger partial charge in [-0.1, -0.05) is 33.1 Å². The molecule has 3 N–H and O–H groups in total. The van der Waals surface area contributed by atoms with E-state index in [0.29, 0.717) is 18.3 Å². The zero-order chi connectivity index (χ0) is 14.1. The van der Waals surface area contributed by atoms with Gasteiger partial charge in [-0.05, 0) is 31.9 Å². The molecule has 1 unspecified atom stereocenters. The molecule has 0 saturated carbocycles. The summed E-state index contributed by atoms with van der Waals surface area (Å²) in [6.07, 6.45) is 6.14. The lowest BCUT2D eigenvalue weighted by Crippen LogP contribution is -2.19. The molecule has 1 aromatic carbocycles. The van der Waals surface area contributed by atoms with Crippen LogP contribution >= 0.6 is 0 Å². The van der Waals surface area contributed by atoms with Crippen LogP contribution in [0.25, 0.3) is 0 Å². The van der Waals surface area contributed by atoms with Gasteiger partial charge in [0.2, 0.25) is 0 Å². The molecule has 3 heteroatoms. The van der Waals surface area contributed by atoms with Gasteiger partial charge in [-0.2, -0.15) is 0 Å². The third kappa shape index (κ3) is 5.41. The molecule has 0 amide bonds. The summed E-state index contributed by atoms with van der Waals surface area (Å²) in [4.78, 5) is 0. The maximum absolute atomic E-state index is 5.89. The minimum absolute atomic E-state index is 0.544. The number of unbranched alkanes of at least 4 members (excludes halogenated alkanes) is 1. The number of nitrogens with two attached hydrogens (primary N) is 1. The minimum Gasteiger partial charge on any atom is -0.492 e. The van der Waals surface area contributed by atoms with Gasteiger partial charge < -0.3 is 15.8 Å². The summed E-state index contributed by atoms with van der Waals surface area (Å²) in [5.74, 6) is 0.776. The van der Waals surface area contributed by atoms with Crippen molar-refractivity contribution in [3.8, 4) is 5.75 Å². The Bertz CT molecular complexity index is 366. The van der Waals surface area contributed by atoms with Crippen molar-refractivity contribution in [2.45, 2.75) is 58.9 Å². The Labute approximate surface area is 117 Å². The third-order valence-electron chi connectivity index (χ3n) is 3.23. The first-order valence-electron chi connectivity index (χ1n) is 7.50. The number of rotatable bonds is 9. The van der Waals surface area contributed by atoms with Gasteiger partial charge in [0, 0.05) is 17.8 Å². The van der Waals surface area contributed by atoms with Crippen molar-refractivity contribution in [1.82, 2.24) is 0 Å². The highest BCUT2D eigenvalue weighted by Crippen LogP contribution is 2.26. The maximum Gasteiger partial charge on any atom is 0.144 e. The Morgan fingerprint density at radius 1 is 1.16 bits per heavy atom. The fraction of sp³-hybridized carbons (Fsp3) is 0.625. The molecule has 0 saturated heterocycles. The fourth-order valence-electron chi connectivity index (χ4n) is 2.23. The number of benzene rings is 1. The molecule has 1 atom stereocenters. The second-order valence-corrected chi connectivity index (χ2v) is 4.96. The van der Waals surface area contributed by atoms with E-state index in [1.807, 2.05) is 25.1 Å². The second-order valence-electron chi connectivity index (χ2n) is 4.96. The molecule has 108 valence electrons. The highest BCUT2D eigenvalue weighted by atomic mass is 16.5. The van der Waals surface area contributed by atoms with Crippen molar-refractivity contribution in [2.75, 3.05) is 17.7 Å². The van der Waals surface area contributed by atoms with E-state index in [4.69, 9.17) is 10.5 Å². The molecule has 3 nitrogen and oxygen atoms in total. The first kappa shape index (κ1) is 15.7. The summed E-state index contributed by atoms with van der Waals surface area (Å²) in [7, 11) is 0. The summed E-state index contributed by atoms with van der Waals surface area (Å²) in [6.45, 7) is 7.08. The number of nitrogen functional groups attached to an aromatic ring is 1. The van der Waals surface area contributed by atoms with E-state index in [1.165, 1.54) is 32.1 Å². The van der Waals surface area contributed by atoms with Crippen LogP contribution in [0.1, 0.15) is 52.9 Å². The normalized spacial score (nSPS) is 12.2. The summed E-state index contributed by atoms with van der Waals surface area (Å²) in [5.41, 5.74) is 7.70. The van der Waals surface area contributed by atoms with E-state index >= 15 is 0 Å². The highest BCUT2D eigenvalue weighted by Gasteiger charge is 2.08. The van der Waals surface area contributed by atoms with Gasteiger partial charge in [-0.15, -0.1) is 0 Å². The average molecular weight is 264 g/mol. The first-order valence-corrected chi connectivity index (χ1v) is 7.50. The van der Waals surface area contributed by atoms with Crippen LogP contribution < -0.4 is 15.8 Å². The lowest BCUT2D eigenvalue weighted by Gasteiger charge is -2.20. The van der Waals surface area contributed by atoms with Crippen LogP contribution in [0.4, 0.5) is 11.4 Å². The first-order chi connectivity index (χ1) is 9.21. The molecule has 0 fully saturated rings. The fourth-order valence-corrected chi connectivity index (χ4v) is 2.23. The lowest BCUT2D eigenvalue weighted by molar-refractivity contribution is 0.342. The highest BCUT2D eigenvalue weighted by molar-refractivity contribution is 5.61. The molecule has 19 heavy (non-hydrogen) atoms. The van der Waals surface area contributed by atoms with Gasteiger partial charge >= 0.3 is 0 Å². The van der Waals surface area contributed by atoms with E-state index in [1.54, 1.807) is 0 Å². The minimum atomic E-state index is 0.544. The second kappa shape index (κ2) is 8.68. The molecule has 0 aliphatic carbocycles. The standard InChI is InChI=1S/C16H28N2O/c1-4-7-9-13(8-5-2)18-14-10-11-15(17)16(12-14)19-6-3/h10-13,18H,4-9,17H2,1-3H3. The molecule has 0 aromatic heterocycles. The number of hydrogen-bond acceptors (Lipinski definition) is 3. The van der Waals surface area contributed by atoms with Crippen molar-refractivity contribution < 1.29 is 4.74 Å². The van der Waals surface area contributed by atoms with Crippen molar-refractivity contribution >= 4 is 11.4 Å². The molecular weight excluding hydrogens is 236 g/mol. The van der Waals surface area contributed by atoms with Gasteiger partial charge in [0.25, 0.3) is 0 Å². The van der Waals surface area contributed by atoms with Crippen molar-refractivity contribution in [3.63, 3.8) is 0 Å². The predicted molar refractivity (Wildman–Crippen MR) is 83.9 cm³/mol. The monoisotopic (exact) mass is 264 g/mol. The predicted octanol–water partition coefficient (Wildman–Crippen LogP) is 4.44. The molecule has 1 aromatic rings. The van der Waals surface area contributed by atoms with Crippen LogP contribution in [-0.4, -0.2) is 12.6 Å². The molecule has 0 radical (unpaired) electrons. The van der Waals surface area contributed by atoms with Crippen molar-refractivity contribution in [3.05, 3.63) is 18.2 Å². The molecule has 0 heterocycles. The van der Waals surface area contributed by atoms with Gasteiger partial charge in [-0.25, -0.2) is 0 Å². The van der Waals surface area contributed by atoms with E-state index in [0.717, 1.165) is 11.4 Å². The van der Waals surface area contributed by atoms with Crippen molar-refractivity contribution in [1.29, 1.82) is 0 Å². The number of nitrogens with one attached hydrogen (secondary N) is 1. The summed E-state index contributed by atoms with van der Waals surface area (Å²) < 4.78 is 5.53. The van der Waals surface area contributed by atoms with Gasteiger partial charge in [0.15, 0.2) is 0 Å². The Kier molecular flexibility index (Phi) is 7.16. The van der Waals surface area contributed by atoms with Crippen LogP contribution in [0, 0.1) is 0 Å². The van der Waals surface area contributed by atoms with Crippen LogP contribution in [0.3, 0.4) is 0 Å². The maximum atomic E-state index is 5.89. The summed E-state index contributed by atoms with van der Waals surface area (Å²) in [6, 6.07) is 6.50. The Hall–Kier alpha value is -1.38. The number of ether oxygens (including phenoxy) is 1. The lowest BCUT2D eigenvalue weighted by atomic mass is 10.0. The summed E-state index contributed by atoms with van der Waals surface area (Å²) in [5, 5.41) is 3.61. The summed E-state index contributed by atoms with van der Waals surface area (Å²) >= 11 is 0. The van der Waals surface area contributed by atoms with Gasteiger partial charge in [0.1, 0.15) is 5.75 Å². The third-order valence-corrected chi connectivity index (χ3v) is 3.23. The number of anilines is 2. The molecule has 0 bridgehead atoms. The van der Waals surface area contributed by atoms with E-state index < -0.39 is 0 Å². The average Bonchev–Trinajstić information content (AvgIpc) is 2.40. The van der Waals surface area contributed by atoms with E-state index in [2.05, 4.69) is 19.2 Å². The molecular formula is C16H28N2O. The zero-order valence-electron chi connectivity index (χ0n) is 12.5. The van der Waals surface area contributed by atoms with Crippen molar-refractivity contribution in [2.24, 2.45) is 0 Å².